The Kier molecular flexibility index (Phi) is 31.9. The Morgan fingerprint density at radius 1 is 0.800 bits per heavy atom. The number of allylic oxidation sites excluding steroid dienone is 8. The molecule has 0 unspecified atom stereocenters. The summed E-state index contributed by atoms with van der Waals surface area (Å²) in [6.07, 6.45) is 19.9. The molecule has 0 N–H and O–H groups in total. The second kappa shape index (κ2) is 23.6. The molecule has 0 saturated heterocycles. The van der Waals surface area contributed by atoms with Crippen LogP contribution in [0, 0.1) is 12.2 Å². The molecule has 0 rings (SSSR count). The molecule has 0 saturated carbocycles. The fourth-order valence-corrected chi connectivity index (χ4v) is 0.564. The summed E-state index contributed by atoms with van der Waals surface area (Å²) in [6, 6.07) is 0. The van der Waals surface area contributed by atoms with Crippen LogP contribution in [-0.2, 0) is 26.2 Å². The van der Waals surface area contributed by atoms with Gasteiger partial charge in [-0.25, -0.2) is 24.3 Å². The van der Waals surface area contributed by atoms with Crippen LogP contribution in [0.15, 0.2) is 36.5 Å². The first-order valence-electron chi connectivity index (χ1n) is 5.19. The van der Waals surface area contributed by atoms with Crippen LogP contribution in [0.25, 0.3) is 0 Å². The molecule has 0 aliphatic carbocycles. The van der Waals surface area contributed by atoms with Crippen LogP contribution < -0.4 is 0 Å². The predicted molar refractivity (Wildman–Crippen MR) is 65.8 cm³/mol. The predicted octanol–water partition coefficient (Wildman–Crippen LogP) is 4.66. The maximum Gasteiger partial charge on any atom is 2.00 e. The quantitative estimate of drug-likeness (QED) is 0.519. The van der Waals surface area contributed by atoms with Gasteiger partial charge in [-0.15, -0.1) is 12.8 Å². The van der Waals surface area contributed by atoms with Crippen molar-refractivity contribution in [1.82, 2.24) is 0 Å². The Hall–Kier alpha value is -0.157. The van der Waals surface area contributed by atoms with E-state index in [4.69, 9.17) is 0 Å². The van der Waals surface area contributed by atoms with E-state index in [-0.39, 0.29) is 26.2 Å². The molecular weight excluding hydrogens is 259 g/mol. The number of rotatable bonds is 4. The zero-order chi connectivity index (χ0) is 11.1. The maximum absolute atomic E-state index is 3.04. The molecule has 0 radical (unpaired) electrons. The molecule has 0 heterocycles. The van der Waals surface area contributed by atoms with Gasteiger partial charge in [0.05, 0.1) is 0 Å². The van der Waals surface area contributed by atoms with Crippen molar-refractivity contribution in [2.45, 2.75) is 40.5 Å². The van der Waals surface area contributed by atoms with Gasteiger partial charge < -0.3 is 0 Å². The molecule has 0 fully saturated rings. The topological polar surface area (TPSA) is 0 Å². The van der Waals surface area contributed by atoms with Crippen molar-refractivity contribution in [3.63, 3.8) is 0 Å². The first-order chi connectivity index (χ1) is 6.83. The Morgan fingerprint density at radius 2 is 1.13 bits per heavy atom. The standard InChI is InChI=1S/2C7H11.Zr/c2*1-3-5-7-6-4-2;/h2*3,5,7H,4H2,1-2H3;/q2*-1;+2. The molecule has 0 aliphatic rings. The molecule has 82 valence electrons. The van der Waals surface area contributed by atoms with Crippen molar-refractivity contribution < 1.29 is 26.2 Å². The fraction of sp³-hybridized carbons (Fsp3) is 0.429. The van der Waals surface area contributed by atoms with Gasteiger partial charge in [0, 0.05) is 0 Å². The third kappa shape index (κ3) is 31.6. The molecule has 0 bridgehead atoms. The minimum absolute atomic E-state index is 0. The van der Waals surface area contributed by atoms with Crippen LogP contribution in [-0.4, -0.2) is 0 Å². The van der Waals surface area contributed by atoms with Crippen molar-refractivity contribution in [3.05, 3.63) is 48.6 Å². The third-order valence-corrected chi connectivity index (χ3v) is 1.22. The van der Waals surface area contributed by atoms with Gasteiger partial charge in [0.2, 0.25) is 0 Å². The van der Waals surface area contributed by atoms with Crippen LogP contribution >= 0.6 is 0 Å². The maximum atomic E-state index is 3.04. The second-order valence-electron chi connectivity index (χ2n) is 2.50. The van der Waals surface area contributed by atoms with E-state index < -0.39 is 0 Å². The molecule has 0 spiro atoms. The van der Waals surface area contributed by atoms with Crippen molar-refractivity contribution >= 4 is 0 Å². The van der Waals surface area contributed by atoms with E-state index in [9.17, 15) is 0 Å². The van der Waals surface area contributed by atoms with E-state index >= 15 is 0 Å². The van der Waals surface area contributed by atoms with Crippen LogP contribution in [0.5, 0.6) is 0 Å². The average molecular weight is 282 g/mol. The van der Waals surface area contributed by atoms with E-state index in [1.807, 2.05) is 50.3 Å². The summed E-state index contributed by atoms with van der Waals surface area (Å²) in [7, 11) is 0. The molecule has 0 aromatic rings. The van der Waals surface area contributed by atoms with Crippen molar-refractivity contribution in [3.8, 4) is 0 Å². The van der Waals surface area contributed by atoms with Gasteiger partial charge in [0.25, 0.3) is 0 Å². The van der Waals surface area contributed by atoms with E-state index in [1.54, 1.807) is 0 Å². The summed E-state index contributed by atoms with van der Waals surface area (Å²) >= 11 is 0. The SMILES string of the molecule is CC=CC=[C-]CC.CC=CC=[C-]CC.[Zr+2]. The van der Waals surface area contributed by atoms with Gasteiger partial charge in [0.15, 0.2) is 0 Å². The minimum Gasteiger partial charge on any atom is -0.276 e. The molecule has 0 aromatic carbocycles. The summed E-state index contributed by atoms with van der Waals surface area (Å²) < 4.78 is 0. The average Bonchev–Trinajstić information content (AvgIpc) is 2.21. The van der Waals surface area contributed by atoms with E-state index in [1.165, 1.54) is 0 Å². The molecule has 0 aromatic heterocycles. The van der Waals surface area contributed by atoms with Crippen LogP contribution in [0.2, 0.25) is 0 Å². The number of hydrogen-bond acceptors (Lipinski definition) is 0. The Bertz CT molecular complexity index is 164. The van der Waals surface area contributed by atoms with Crippen LogP contribution in [0.1, 0.15) is 40.5 Å². The zero-order valence-corrected chi connectivity index (χ0v) is 12.8. The molecule has 15 heavy (non-hydrogen) atoms. The Morgan fingerprint density at radius 3 is 1.33 bits per heavy atom. The van der Waals surface area contributed by atoms with Gasteiger partial charge >= 0.3 is 26.2 Å². The largest absolute Gasteiger partial charge is 2.00 e. The summed E-state index contributed by atoms with van der Waals surface area (Å²) in [5.41, 5.74) is 0. The van der Waals surface area contributed by atoms with Gasteiger partial charge in [-0.05, 0) is 0 Å². The van der Waals surface area contributed by atoms with E-state index in [0.717, 1.165) is 12.8 Å². The molecule has 1 heteroatoms. The zero-order valence-electron chi connectivity index (χ0n) is 10.4. The van der Waals surface area contributed by atoms with Gasteiger partial charge in [-0.2, -0.15) is 12.2 Å². The van der Waals surface area contributed by atoms with Crippen molar-refractivity contribution in [1.29, 1.82) is 0 Å². The smallest absolute Gasteiger partial charge is 0.276 e. The monoisotopic (exact) mass is 280 g/mol. The van der Waals surface area contributed by atoms with Crippen molar-refractivity contribution in [2.75, 3.05) is 0 Å². The normalized spacial score (nSPS) is 10.9. The fourth-order valence-electron chi connectivity index (χ4n) is 0.564. The van der Waals surface area contributed by atoms with Gasteiger partial charge in [0.1, 0.15) is 0 Å². The molecule has 0 atom stereocenters. The Balaban J connectivity index is -0.000000180. The van der Waals surface area contributed by atoms with Crippen LogP contribution in [0.3, 0.4) is 0 Å². The summed E-state index contributed by atoms with van der Waals surface area (Å²) in [6.45, 7) is 8.13. The molecule has 0 amide bonds. The molecule has 0 aliphatic heterocycles. The van der Waals surface area contributed by atoms with E-state index in [2.05, 4.69) is 26.0 Å². The molecule has 0 nitrogen and oxygen atoms in total. The summed E-state index contributed by atoms with van der Waals surface area (Å²) in [5, 5.41) is 0. The number of hydrogen-bond donors (Lipinski definition) is 0. The van der Waals surface area contributed by atoms with Gasteiger partial charge in [-0.1, -0.05) is 27.7 Å². The Labute approximate surface area is 115 Å². The summed E-state index contributed by atoms with van der Waals surface area (Å²) in [4.78, 5) is 0. The third-order valence-electron chi connectivity index (χ3n) is 1.22. The van der Waals surface area contributed by atoms with E-state index in [0.29, 0.717) is 0 Å². The minimum atomic E-state index is 0. The summed E-state index contributed by atoms with van der Waals surface area (Å²) in [5.74, 6) is 0. The first-order valence-corrected chi connectivity index (χ1v) is 5.19. The van der Waals surface area contributed by atoms with Gasteiger partial charge in [-0.3, -0.25) is 12.2 Å². The first kappa shape index (κ1) is 20.3. The van der Waals surface area contributed by atoms with Crippen LogP contribution in [0.4, 0.5) is 0 Å². The van der Waals surface area contributed by atoms with Crippen molar-refractivity contribution in [2.24, 2.45) is 0 Å². The molecular formula is C14H22Zr. The second-order valence-corrected chi connectivity index (χ2v) is 2.50.